The quantitative estimate of drug-likeness (QED) is 0.384. The number of hydroxylamine groups is 1. The first kappa shape index (κ1) is 26.8. The third kappa shape index (κ3) is 8.78. The van der Waals surface area contributed by atoms with Gasteiger partial charge in [-0.1, -0.05) is 76.3 Å². The standard InChI is InChI=1S/C25H39N3O5/c1-18(2)23-25(32)28(17-21(29)19-12-9-7-10-13-19)15-11-6-4-3-5-8-14-20(24(31)26-23)16-22(30)27-33/h7,9-10,12-13,18,20-21,23,29,33H,3-6,8,11,14-17H2,1-2H3,(H,26,31)(H,27,30). The second-order valence-corrected chi connectivity index (χ2v) is 9.29. The first-order chi connectivity index (χ1) is 15.8. The van der Waals surface area contributed by atoms with Crippen molar-refractivity contribution in [1.82, 2.24) is 15.7 Å². The number of benzene rings is 1. The number of amides is 3. The average Bonchev–Trinajstić information content (AvgIpc) is 2.81. The second-order valence-electron chi connectivity index (χ2n) is 9.29. The number of β-amino-alcohol motifs (C(OH)–C–C–N with tert-alkyl or cyclic N) is 1. The smallest absolute Gasteiger partial charge is 0.245 e. The minimum atomic E-state index is -0.821. The van der Waals surface area contributed by atoms with Crippen LogP contribution in [0.3, 0.4) is 0 Å². The summed E-state index contributed by atoms with van der Waals surface area (Å²) >= 11 is 0. The van der Waals surface area contributed by atoms with E-state index in [1.54, 1.807) is 10.4 Å². The first-order valence-corrected chi connectivity index (χ1v) is 12.1. The van der Waals surface area contributed by atoms with Crippen LogP contribution in [-0.4, -0.2) is 52.1 Å². The molecule has 1 heterocycles. The molecular formula is C25H39N3O5. The van der Waals surface area contributed by atoms with E-state index in [1.807, 2.05) is 44.2 Å². The molecule has 1 aromatic rings. The van der Waals surface area contributed by atoms with Crippen molar-refractivity contribution < 1.29 is 24.7 Å². The molecule has 8 heteroatoms. The van der Waals surface area contributed by atoms with Gasteiger partial charge in [0.25, 0.3) is 0 Å². The van der Waals surface area contributed by atoms with Crippen LogP contribution in [0.5, 0.6) is 0 Å². The fourth-order valence-electron chi connectivity index (χ4n) is 4.26. The van der Waals surface area contributed by atoms with E-state index in [-0.39, 0.29) is 30.7 Å². The van der Waals surface area contributed by atoms with Crippen molar-refractivity contribution in [3.05, 3.63) is 35.9 Å². The summed E-state index contributed by atoms with van der Waals surface area (Å²) in [4.78, 5) is 40.0. The van der Waals surface area contributed by atoms with Gasteiger partial charge in [-0.15, -0.1) is 0 Å². The molecule has 0 saturated carbocycles. The summed E-state index contributed by atoms with van der Waals surface area (Å²) in [5.41, 5.74) is 2.34. The van der Waals surface area contributed by atoms with Gasteiger partial charge >= 0.3 is 0 Å². The highest BCUT2D eigenvalue weighted by atomic mass is 16.5. The molecule has 0 aromatic heterocycles. The number of aliphatic hydroxyl groups is 1. The number of nitrogens with zero attached hydrogens (tertiary/aromatic N) is 1. The predicted molar refractivity (Wildman–Crippen MR) is 125 cm³/mol. The van der Waals surface area contributed by atoms with E-state index in [0.29, 0.717) is 13.0 Å². The minimum absolute atomic E-state index is 0.127. The van der Waals surface area contributed by atoms with Crippen molar-refractivity contribution in [3.63, 3.8) is 0 Å². The zero-order chi connectivity index (χ0) is 24.2. The number of aliphatic hydroxyl groups excluding tert-OH is 1. The Balaban J connectivity index is 2.23. The molecule has 3 amide bonds. The molecule has 1 aromatic carbocycles. The van der Waals surface area contributed by atoms with Crippen molar-refractivity contribution in [3.8, 4) is 0 Å². The predicted octanol–water partition coefficient (Wildman–Crippen LogP) is 2.95. The van der Waals surface area contributed by atoms with Gasteiger partial charge in [-0.25, -0.2) is 5.48 Å². The van der Waals surface area contributed by atoms with Crippen LogP contribution < -0.4 is 10.8 Å². The maximum absolute atomic E-state index is 13.5. The lowest BCUT2D eigenvalue weighted by Gasteiger charge is -2.32. The van der Waals surface area contributed by atoms with Gasteiger partial charge in [0, 0.05) is 18.9 Å². The van der Waals surface area contributed by atoms with Crippen molar-refractivity contribution in [2.45, 2.75) is 77.4 Å². The van der Waals surface area contributed by atoms with Crippen molar-refractivity contribution in [1.29, 1.82) is 0 Å². The molecule has 0 aliphatic carbocycles. The maximum atomic E-state index is 13.5. The largest absolute Gasteiger partial charge is 0.387 e. The van der Waals surface area contributed by atoms with E-state index >= 15 is 0 Å². The van der Waals surface area contributed by atoms with Crippen LogP contribution in [0.2, 0.25) is 0 Å². The van der Waals surface area contributed by atoms with E-state index in [4.69, 9.17) is 5.21 Å². The number of carbonyl (C=O) groups excluding carboxylic acids is 3. The first-order valence-electron chi connectivity index (χ1n) is 12.1. The molecule has 2 rings (SSSR count). The van der Waals surface area contributed by atoms with E-state index in [9.17, 15) is 19.5 Å². The van der Waals surface area contributed by atoms with E-state index in [0.717, 1.165) is 44.1 Å². The molecule has 1 aliphatic heterocycles. The molecule has 3 unspecified atom stereocenters. The lowest BCUT2D eigenvalue weighted by atomic mass is 9.93. The summed E-state index contributed by atoms with van der Waals surface area (Å²) in [5.74, 6) is -1.98. The van der Waals surface area contributed by atoms with Crippen LogP contribution in [0.25, 0.3) is 0 Å². The Hall–Kier alpha value is -2.45. The average molecular weight is 462 g/mol. The molecule has 0 bridgehead atoms. The maximum Gasteiger partial charge on any atom is 0.245 e. The SMILES string of the molecule is CC(C)C1NC(=O)C(CC(=O)NO)CCCCCCCCN(CC(O)c2ccccc2)C1=O. The highest BCUT2D eigenvalue weighted by Crippen LogP contribution is 2.20. The normalized spacial score (nSPS) is 22.4. The van der Waals surface area contributed by atoms with Crippen LogP contribution in [0.4, 0.5) is 0 Å². The molecule has 0 spiro atoms. The molecule has 8 nitrogen and oxygen atoms in total. The second kappa shape index (κ2) is 14.0. The fraction of sp³-hybridized carbons (Fsp3) is 0.640. The van der Waals surface area contributed by atoms with Gasteiger partial charge in [-0.2, -0.15) is 0 Å². The molecule has 184 valence electrons. The van der Waals surface area contributed by atoms with Gasteiger partial charge in [0.1, 0.15) is 6.04 Å². The third-order valence-electron chi connectivity index (χ3n) is 6.28. The van der Waals surface area contributed by atoms with Gasteiger partial charge in [0.05, 0.1) is 12.6 Å². The zero-order valence-corrected chi connectivity index (χ0v) is 19.8. The summed E-state index contributed by atoms with van der Waals surface area (Å²) < 4.78 is 0. The van der Waals surface area contributed by atoms with Gasteiger partial charge in [0.2, 0.25) is 17.7 Å². The summed E-state index contributed by atoms with van der Waals surface area (Å²) in [7, 11) is 0. The molecule has 1 fully saturated rings. The Bertz CT molecular complexity index is 756. The summed E-state index contributed by atoms with van der Waals surface area (Å²) in [6, 6.07) is 8.48. The van der Waals surface area contributed by atoms with Gasteiger partial charge in [-0.3, -0.25) is 19.6 Å². The van der Waals surface area contributed by atoms with Crippen LogP contribution in [0, 0.1) is 11.8 Å². The van der Waals surface area contributed by atoms with E-state index in [1.165, 1.54) is 0 Å². The third-order valence-corrected chi connectivity index (χ3v) is 6.28. The van der Waals surface area contributed by atoms with Crippen LogP contribution in [0.15, 0.2) is 30.3 Å². The zero-order valence-electron chi connectivity index (χ0n) is 19.8. The summed E-state index contributed by atoms with van der Waals surface area (Å²) in [6.45, 7) is 4.40. The monoisotopic (exact) mass is 461 g/mol. The Morgan fingerprint density at radius 3 is 2.36 bits per heavy atom. The van der Waals surface area contributed by atoms with Crippen LogP contribution in [-0.2, 0) is 14.4 Å². The van der Waals surface area contributed by atoms with Gasteiger partial charge < -0.3 is 15.3 Å². The van der Waals surface area contributed by atoms with Gasteiger partial charge in [-0.05, 0) is 24.3 Å². The van der Waals surface area contributed by atoms with Crippen LogP contribution in [0.1, 0.15) is 76.9 Å². The number of hydrogen-bond acceptors (Lipinski definition) is 5. The Morgan fingerprint density at radius 1 is 1.09 bits per heavy atom. The minimum Gasteiger partial charge on any atom is -0.387 e. The van der Waals surface area contributed by atoms with Crippen molar-refractivity contribution in [2.24, 2.45) is 11.8 Å². The molecule has 4 N–H and O–H groups in total. The number of rotatable bonds is 6. The number of carbonyl (C=O) groups is 3. The van der Waals surface area contributed by atoms with E-state index < -0.39 is 24.0 Å². The molecule has 33 heavy (non-hydrogen) atoms. The molecule has 3 atom stereocenters. The Kier molecular flexibility index (Phi) is 11.3. The lowest BCUT2D eigenvalue weighted by molar-refractivity contribution is -0.141. The topological polar surface area (TPSA) is 119 Å². The lowest BCUT2D eigenvalue weighted by Crippen LogP contribution is -2.53. The number of nitrogens with one attached hydrogen (secondary N) is 2. The summed E-state index contributed by atoms with van der Waals surface area (Å²) in [6.07, 6.45) is 5.23. The number of hydrogen-bond donors (Lipinski definition) is 4. The van der Waals surface area contributed by atoms with Gasteiger partial charge in [0.15, 0.2) is 0 Å². The summed E-state index contributed by atoms with van der Waals surface area (Å²) in [5, 5.41) is 22.5. The highest BCUT2D eigenvalue weighted by Gasteiger charge is 2.32. The molecular weight excluding hydrogens is 422 g/mol. The van der Waals surface area contributed by atoms with E-state index in [2.05, 4.69) is 5.32 Å². The molecule has 1 saturated heterocycles. The Morgan fingerprint density at radius 2 is 1.73 bits per heavy atom. The highest BCUT2D eigenvalue weighted by molar-refractivity contribution is 5.90. The van der Waals surface area contributed by atoms with Crippen molar-refractivity contribution >= 4 is 17.7 Å². The Labute approximate surface area is 196 Å². The van der Waals surface area contributed by atoms with Crippen molar-refractivity contribution in [2.75, 3.05) is 13.1 Å². The fourth-order valence-corrected chi connectivity index (χ4v) is 4.26. The molecule has 1 aliphatic rings. The molecule has 0 radical (unpaired) electrons. The van der Waals surface area contributed by atoms with Crippen LogP contribution >= 0.6 is 0 Å².